The molecule has 0 spiro atoms. The number of anilines is 1. The molecule has 4 rings (SSSR count). The monoisotopic (exact) mass is 550 g/mol. The van der Waals surface area contributed by atoms with Crippen LogP contribution in [-0.4, -0.2) is 46.4 Å². The standard InChI is InChI=1S/C29H34N4O3S2/c1-5-13-32-26(31-14-6-7-19(2)18-31)23(20(3)24(17-30)27(32)34)16-25-28(35)33(29(37)38-25)15-12-21-8-10-22(36-4)11-9-21/h8-11,16,19H,5-7,12-15,18H2,1-4H3. The molecular formula is C29H34N4O3S2. The number of ether oxygens (including phenoxy) is 1. The van der Waals surface area contributed by atoms with Crippen LogP contribution in [0.5, 0.6) is 5.75 Å². The van der Waals surface area contributed by atoms with Crippen molar-refractivity contribution in [2.75, 3.05) is 31.6 Å². The van der Waals surface area contributed by atoms with Gasteiger partial charge in [-0.15, -0.1) is 0 Å². The second-order valence-corrected chi connectivity index (χ2v) is 11.6. The number of methoxy groups -OCH3 is 1. The number of amides is 1. The lowest BCUT2D eigenvalue weighted by atomic mass is 9.98. The second-order valence-electron chi connectivity index (χ2n) is 9.93. The molecule has 200 valence electrons. The number of aromatic nitrogens is 1. The van der Waals surface area contributed by atoms with E-state index in [1.807, 2.05) is 44.2 Å². The van der Waals surface area contributed by atoms with Gasteiger partial charge in [0.05, 0.1) is 12.0 Å². The van der Waals surface area contributed by atoms with Gasteiger partial charge >= 0.3 is 0 Å². The van der Waals surface area contributed by atoms with E-state index in [0.29, 0.717) is 40.2 Å². The molecule has 0 bridgehead atoms. The number of benzene rings is 1. The summed E-state index contributed by atoms with van der Waals surface area (Å²) in [6, 6.07) is 9.91. The van der Waals surface area contributed by atoms with Crippen molar-refractivity contribution < 1.29 is 9.53 Å². The minimum absolute atomic E-state index is 0.133. The summed E-state index contributed by atoms with van der Waals surface area (Å²) in [5.41, 5.74) is 2.34. The van der Waals surface area contributed by atoms with Crippen molar-refractivity contribution in [3.05, 3.63) is 61.8 Å². The molecule has 2 aliphatic heterocycles. The molecule has 1 amide bonds. The number of carbonyl (C=O) groups excluding carboxylic acids is 1. The van der Waals surface area contributed by atoms with E-state index in [4.69, 9.17) is 17.0 Å². The Labute approximate surface area is 234 Å². The van der Waals surface area contributed by atoms with Crippen LogP contribution in [0.3, 0.4) is 0 Å². The Bertz CT molecular complexity index is 1360. The Balaban J connectivity index is 1.72. The largest absolute Gasteiger partial charge is 0.497 e. The lowest BCUT2D eigenvalue weighted by Gasteiger charge is -2.36. The first-order valence-electron chi connectivity index (χ1n) is 13.1. The molecule has 2 aliphatic rings. The van der Waals surface area contributed by atoms with Crippen LogP contribution in [0.1, 0.15) is 55.4 Å². The third-order valence-corrected chi connectivity index (χ3v) is 8.56. The molecule has 7 nitrogen and oxygen atoms in total. The zero-order chi connectivity index (χ0) is 27.4. The molecule has 0 saturated carbocycles. The molecule has 1 atom stereocenters. The summed E-state index contributed by atoms with van der Waals surface area (Å²) < 4.78 is 7.48. The average molecular weight is 551 g/mol. The Kier molecular flexibility index (Phi) is 8.95. The van der Waals surface area contributed by atoms with Gasteiger partial charge in [0.25, 0.3) is 11.5 Å². The fraction of sp³-hybridized carbons (Fsp3) is 0.448. The molecule has 38 heavy (non-hydrogen) atoms. The number of nitrogens with zero attached hydrogens (tertiary/aromatic N) is 4. The van der Waals surface area contributed by atoms with Gasteiger partial charge in [-0.2, -0.15) is 5.26 Å². The summed E-state index contributed by atoms with van der Waals surface area (Å²) in [7, 11) is 1.63. The van der Waals surface area contributed by atoms with Crippen molar-refractivity contribution in [3.63, 3.8) is 0 Å². The predicted octanol–water partition coefficient (Wildman–Crippen LogP) is 5.13. The highest BCUT2D eigenvalue weighted by molar-refractivity contribution is 8.26. The number of piperidine rings is 1. The number of carbonyl (C=O) groups is 1. The second kappa shape index (κ2) is 12.2. The van der Waals surface area contributed by atoms with E-state index in [9.17, 15) is 14.9 Å². The third kappa shape index (κ3) is 5.67. The summed E-state index contributed by atoms with van der Waals surface area (Å²) in [5, 5.41) is 9.86. The molecule has 2 aromatic rings. The molecule has 0 N–H and O–H groups in total. The maximum Gasteiger partial charge on any atom is 0.270 e. The average Bonchev–Trinajstić information content (AvgIpc) is 3.18. The normalized spacial score (nSPS) is 18.8. The number of rotatable bonds is 8. The predicted molar refractivity (Wildman–Crippen MR) is 158 cm³/mol. The smallest absolute Gasteiger partial charge is 0.270 e. The van der Waals surface area contributed by atoms with Crippen LogP contribution >= 0.6 is 24.0 Å². The van der Waals surface area contributed by atoms with Crippen molar-refractivity contribution in [2.24, 2.45) is 5.92 Å². The first kappa shape index (κ1) is 27.9. The number of pyridine rings is 1. The van der Waals surface area contributed by atoms with Crippen LogP contribution in [0.2, 0.25) is 0 Å². The van der Waals surface area contributed by atoms with Crippen molar-refractivity contribution >= 4 is 46.1 Å². The quantitative estimate of drug-likeness (QED) is 0.333. The number of hydrogen-bond donors (Lipinski definition) is 0. The fourth-order valence-corrected chi connectivity index (χ4v) is 6.44. The molecule has 2 fully saturated rings. The van der Waals surface area contributed by atoms with Crippen LogP contribution < -0.4 is 15.2 Å². The zero-order valence-corrected chi connectivity index (χ0v) is 24.1. The van der Waals surface area contributed by atoms with Gasteiger partial charge in [0, 0.05) is 31.7 Å². The maximum atomic E-state index is 13.5. The van der Waals surface area contributed by atoms with E-state index in [-0.39, 0.29) is 17.0 Å². The zero-order valence-electron chi connectivity index (χ0n) is 22.5. The van der Waals surface area contributed by atoms with Gasteiger partial charge in [-0.25, -0.2) is 0 Å². The van der Waals surface area contributed by atoms with Crippen molar-refractivity contribution in [2.45, 2.75) is 53.0 Å². The van der Waals surface area contributed by atoms with E-state index in [1.165, 1.54) is 11.8 Å². The molecule has 1 aromatic carbocycles. The van der Waals surface area contributed by atoms with E-state index >= 15 is 0 Å². The molecular weight excluding hydrogens is 516 g/mol. The summed E-state index contributed by atoms with van der Waals surface area (Å²) in [6.45, 7) is 8.71. The van der Waals surface area contributed by atoms with Crippen LogP contribution in [0.4, 0.5) is 5.82 Å². The summed E-state index contributed by atoms with van der Waals surface area (Å²) in [4.78, 5) is 31.3. The number of thiocarbonyl (C=S) groups is 1. The third-order valence-electron chi connectivity index (χ3n) is 7.18. The molecule has 0 radical (unpaired) electrons. The maximum absolute atomic E-state index is 13.5. The van der Waals surface area contributed by atoms with Gasteiger partial charge in [-0.3, -0.25) is 19.1 Å². The van der Waals surface area contributed by atoms with Crippen LogP contribution in [-0.2, 0) is 17.8 Å². The molecule has 1 aromatic heterocycles. The fourth-order valence-electron chi connectivity index (χ4n) is 5.15. The Morgan fingerprint density at radius 2 is 1.97 bits per heavy atom. The van der Waals surface area contributed by atoms with Gasteiger partial charge in [0.1, 0.15) is 27.5 Å². The molecule has 9 heteroatoms. The minimum atomic E-state index is -0.260. The van der Waals surface area contributed by atoms with Crippen molar-refractivity contribution in [1.82, 2.24) is 9.47 Å². The highest BCUT2D eigenvalue weighted by atomic mass is 32.2. The minimum Gasteiger partial charge on any atom is -0.497 e. The van der Waals surface area contributed by atoms with Gasteiger partial charge in [0.2, 0.25) is 0 Å². The highest BCUT2D eigenvalue weighted by Crippen LogP contribution is 2.37. The van der Waals surface area contributed by atoms with E-state index < -0.39 is 0 Å². The van der Waals surface area contributed by atoms with Gasteiger partial charge in [0.15, 0.2) is 0 Å². The van der Waals surface area contributed by atoms with Crippen LogP contribution in [0.25, 0.3) is 6.08 Å². The first-order chi connectivity index (χ1) is 18.3. The van der Waals surface area contributed by atoms with Gasteiger partial charge in [-0.05, 0) is 67.9 Å². The lowest BCUT2D eigenvalue weighted by molar-refractivity contribution is -0.122. The Morgan fingerprint density at radius 3 is 2.61 bits per heavy atom. The van der Waals surface area contributed by atoms with E-state index in [0.717, 1.165) is 55.0 Å². The topological polar surface area (TPSA) is 78.6 Å². The van der Waals surface area contributed by atoms with Gasteiger partial charge < -0.3 is 9.64 Å². The summed E-state index contributed by atoms with van der Waals surface area (Å²) in [5.74, 6) is 1.95. The molecule has 1 unspecified atom stereocenters. The molecule has 3 heterocycles. The first-order valence-corrected chi connectivity index (χ1v) is 14.3. The van der Waals surface area contributed by atoms with Crippen LogP contribution in [0, 0.1) is 24.2 Å². The summed E-state index contributed by atoms with van der Waals surface area (Å²) in [6.07, 6.45) is 5.46. The molecule has 0 aliphatic carbocycles. The Morgan fingerprint density at radius 1 is 1.24 bits per heavy atom. The van der Waals surface area contributed by atoms with E-state index in [1.54, 1.807) is 16.6 Å². The number of nitriles is 1. The van der Waals surface area contributed by atoms with Crippen LogP contribution in [0.15, 0.2) is 34.0 Å². The summed E-state index contributed by atoms with van der Waals surface area (Å²) >= 11 is 6.88. The van der Waals surface area contributed by atoms with E-state index in [2.05, 4.69) is 17.9 Å². The number of hydrogen-bond acceptors (Lipinski definition) is 7. The van der Waals surface area contributed by atoms with Gasteiger partial charge in [-0.1, -0.05) is 50.0 Å². The molecule has 2 saturated heterocycles. The number of thioether (sulfide) groups is 1. The highest BCUT2D eigenvalue weighted by Gasteiger charge is 2.33. The SMILES string of the molecule is CCCn1c(N2CCCC(C)C2)c(C=C2SC(=S)N(CCc3ccc(OC)cc3)C2=O)c(C)c(C#N)c1=O. The lowest BCUT2D eigenvalue weighted by Crippen LogP contribution is -2.40. The Hall–Kier alpha value is -3.09. The van der Waals surface area contributed by atoms with Crippen molar-refractivity contribution in [1.29, 1.82) is 5.26 Å². The van der Waals surface area contributed by atoms with Crippen molar-refractivity contribution in [3.8, 4) is 11.8 Å².